The third-order valence-electron chi connectivity index (χ3n) is 3.00. The summed E-state index contributed by atoms with van der Waals surface area (Å²) >= 11 is 1.79. The SMILES string of the molecule is CCn1ncc(OC)c1C1(O)CSC(C)C1. The van der Waals surface area contributed by atoms with Crippen LogP contribution in [0.4, 0.5) is 0 Å². The van der Waals surface area contributed by atoms with Crippen molar-refractivity contribution in [3.05, 3.63) is 11.9 Å². The summed E-state index contributed by atoms with van der Waals surface area (Å²) in [6.07, 6.45) is 2.45. The number of hydrogen-bond donors (Lipinski definition) is 1. The quantitative estimate of drug-likeness (QED) is 0.875. The summed E-state index contributed by atoms with van der Waals surface area (Å²) in [6, 6.07) is 0. The molecule has 0 bridgehead atoms. The van der Waals surface area contributed by atoms with E-state index in [1.807, 2.05) is 11.6 Å². The van der Waals surface area contributed by atoms with Crippen LogP contribution in [0.15, 0.2) is 6.20 Å². The van der Waals surface area contributed by atoms with Crippen molar-refractivity contribution < 1.29 is 9.84 Å². The minimum absolute atomic E-state index is 0.481. The number of ether oxygens (including phenoxy) is 1. The third kappa shape index (κ3) is 1.82. The average Bonchev–Trinajstić information content (AvgIpc) is 2.82. The van der Waals surface area contributed by atoms with Gasteiger partial charge in [0.1, 0.15) is 11.3 Å². The molecule has 0 spiro atoms. The zero-order valence-corrected chi connectivity index (χ0v) is 10.8. The highest BCUT2D eigenvalue weighted by Crippen LogP contribution is 2.44. The van der Waals surface area contributed by atoms with Crippen molar-refractivity contribution in [3.8, 4) is 5.75 Å². The largest absolute Gasteiger partial charge is 0.493 e. The van der Waals surface area contributed by atoms with E-state index >= 15 is 0 Å². The van der Waals surface area contributed by atoms with Crippen LogP contribution in [-0.4, -0.2) is 33.0 Å². The third-order valence-corrected chi connectivity index (χ3v) is 4.38. The van der Waals surface area contributed by atoms with Gasteiger partial charge in [-0.05, 0) is 13.3 Å². The highest BCUT2D eigenvalue weighted by Gasteiger charge is 2.42. The Morgan fingerprint density at radius 2 is 2.50 bits per heavy atom. The van der Waals surface area contributed by atoms with Gasteiger partial charge in [0.05, 0.1) is 13.3 Å². The van der Waals surface area contributed by atoms with Gasteiger partial charge in [-0.25, -0.2) is 0 Å². The molecule has 5 heteroatoms. The van der Waals surface area contributed by atoms with Crippen LogP contribution in [0, 0.1) is 0 Å². The number of methoxy groups -OCH3 is 1. The zero-order valence-electron chi connectivity index (χ0n) is 9.93. The maximum atomic E-state index is 10.7. The first-order chi connectivity index (χ1) is 7.60. The first-order valence-corrected chi connectivity index (χ1v) is 6.60. The van der Waals surface area contributed by atoms with E-state index in [-0.39, 0.29) is 0 Å². The lowest BCUT2D eigenvalue weighted by molar-refractivity contribution is 0.0490. The minimum atomic E-state index is -0.790. The summed E-state index contributed by atoms with van der Waals surface area (Å²) in [5.41, 5.74) is 0.0384. The molecule has 1 aliphatic heterocycles. The highest BCUT2D eigenvalue weighted by atomic mass is 32.2. The van der Waals surface area contributed by atoms with Gasteiger partial charge in [-0.1, -0.05) is 6.92 Å². The van der Waals surface area contributed by atoms with E-state index in [0.29, 0.717) is 11.0 Å². The van der Waals surface area contributed by atoms with E-state index in [4.69, 9.17) is 4.74 Å². The maximum absolute atomic E-state index is 10.7. The van der Waals surface area contributed by atoms with E-state index in [9.17, 15) is 5.11 Å². The Balaban J connectivity index is 2.41. The molecule has 0 saturated carbocycles. The Labute approximate surface area is 100.0 Å². The summed E-state index contributed by atoms with van der Waals surface area (Å²) < 4.78 is 7.12. The average molecular weight is 242 g/mol. The lowest BCUT2D eigenvalue weighted by Gasteiger charge is -2.23. The van der Waals surface area contributed by atoms with Gasteiger partial charge in [-0.3, -0.25) is 4.68 Å². The molecular formula is C11H18N2O2S. The molecule has 2 heterocycles. The van der Waals surface area contributed by atoms with Crippen molar-refractivity contribution in [2.24, 2.45) is 0 Å². The summed E-state index contributed by atoms with van der Waals surface area (Å²) in [6.45, 7) is 4.91. The topological polar surface area (TPSA) is 47.3 Å². The number of aliphatic hydroxyl groups is 1. The standard InChI is InChI=1S/C11H18N2O2S/c1-4-13-10(9(15-3)6-12-13)11(14)5-8(2)16-7-11/h6,8,14H,4-5,7H2,1-3H3. The maximum Gasteiger partial charge on any atom is 0.162 e. The molecule has 2 atom stereocenters. The Bertz CT molecular complexity index is 359. The molecule has 1 aliphatic rings. The number of aryl methyl sites for hydroxylation is 1. The number of hydrogen-bond acceptors (Lipinski definition) is 4. The van der Waals surface area contributed by atoms with E-state index in [1.54, 1.807) is 25.1 Å². The van der Waals surface area contributed by atoms with Crippen LogP contribution in [-0.2, 0) is 12.1 Å². The molecule has 16 heavy (non-hydrogen) atoms. The molecule has 2 rings (SSSR count). The van der Waals surface area contributed by atoms with E-state index in [1.165, 1.54) is 0 Å². The van der Waals surface area contributed by atoms with Gasteiger partial charge in [0, 0.05) is 17.5 Å². The van der Waals surface area contributed by atoms with Crippen molar-refractivity contribution in [3.63, 3.8) is 0 Å². The molecule has 1 saturated heterocycles. The molecule has 0 amide bonds. The van der Waals surface area contributed by atoms with Gasteiger partial charge in [0.25, 0.3) is 0 Å². The van der Waals surface area contributed by atoms with E-state index < -0.39 is 5.60 Å². The predicted molar refractivity (Wildman–Crippen MR) is 64.9 cm³/mol. The van der Waals surface area contributed by atoms with Crippen LogP contribution in [0.25, 0.3) is 0 Å². The van der Waals surface area contributed by atoms with Crippen LogP contribution in [0.3, 0.4) is 0 Å². The van der Waals surface area contributed by atoms with Crippen molar-refractivity contribution >= 4 is 11.8 Å². The van der Waals surface area contributed by atoms with Gasteiger partial charge in [0.2, 0.25) is 0 Å². The molecule has 0 aromatic carbocycles. The monoisotopic (exact) mass is 242 g/mol. The van der Waals surface area contributed by atoms with Crippen LogP contribution in [0.2, 0.25) is 0 Å². The van der Waals surface area contributed by atoms with Crippen LogP contribution in [0.1, 0.15) is 26.0 Å². The summed E-state index contributed by atoms with van der Waals surface area (Å²) in [7, 11) is 1.62. The Kier molecular flexibility index (Phi) is 3.17. The molecule has 1 aromatic heterocycles. The van der Waals surface area contributed by atoms with Crippen molar-refractivity contribution in [2.45, 2.75) is 37.7 Å². The second kappa shape index (κ2) is 4.30. The van der Waals surface area contributed by atoms with Crippen LogP contribution in [0.5, 0.6) is 5.75 Å². The molecule has 1 aromatic rings. The van der Waals surface area contributed by atoms with Crippen molar-refractivity contribution in [2.75, 3.05) is 12.9 Å². The van der Waals surface area contributed by atoms with Gasteiger partial charge >= 0.3 is 0 Å². The van der Waals surface area contributed by atoms with Gasteiger partial charge in [-0.2, -0.15) is 16.9 Å². The minimum Gasteiger partial charge on any atom is -0.493 e. The molecule has 1 fully saturated rings. The second-order valence-electron chi connectivity index (χ2n) is 4.23. The Morgan fingerprint density at radius 3 is 3.00 bits per heavy atom. The van der Waals surface area contributed by atoms with Crippen LogP contribution >= 0.6 is 11.8 Å². The van der Waals surface area contributed by atoms with E-state index in [0.717, 1.165) is 24.4 Å². The van der Waals surface area contributed by atoms with Crippen molar-refractivity contribution in [1.29, 1.82) is 0 Å². The molecule has 4 nitrogen and oxygen atoms in total. The lowest BCUT2D eigenvalue weighted by Crippen LogP contribution is -2.29. The van der Waals surface area contributed by atoms with E-state index in [2.05, 4.69) is 12.0 Å². The number of aromatic nitrogens is 2. The normalized spacial score (nSPS) is 29.6. The van der Waals surface area contributed by atoms with Crippen molar-refractivity contribution in [1.82, 2.24) is 9.78 Å². The first-order valence-electron chi connectivity index (χ1n) is 5.55. The zero-order chi connectivity index (χ0) is 11.8. The fraction of sp³-hybridized carbons (Fsp3) is 0.727. The van der Waals surface area contributed by atoms with Gasteiger partial charge in [-0.15, -0.1) is 0 Å². The Hall–Kier alpha value is -0.680. The summed E-state index contributed by atoms with van der Waals surface area (Å²) in [5, 5.41) is 15.4. The smallest absolute Gasteiger partial charge is 0.162 e. The summed E-state index contributed by atoms with van der Waals surface area (Å²) in [4.78, 5) is 0. The van der Waals surface area contributed by atoms with Crippen LogP contribution < -0.4 is 4.74 Å². The Morgan fingerprint density at radius 1 is 1.75 bits per heavy atom. The fourth-order valence-corrected chi connectivity index (χ4v) is 3.47. The molecule has 0 aliphatic carbocycles. The van der Waals surface area contributed by atoms with Gasteiger partial charge in [0.15, 0.2) is 5.75 Å². The molecule has 0 radical (unpaired) electrons. The number of rotatable bonds is 3. The highest BCUT2D eigenvalue weighted by molar-refractivity contribution is 8.00. The number of nitrogens with zero attached hydrogens (tertiary/aromatic N) is 2. The number of thioether (sulfide) groups is 1. The molecule has 90 valence electrons. The first kappa shape index (κ1) is 11.8. The summed E-state index contributed by atoms with van der Waals surface area (Å²) in [5.74, 6) is 1.41. The lowest BCUT2D eigenvalue weighted by atomic mass is 9.96. The predicted octanol–water partition coefficient (Wildman–Crippen LogP) is 1.62. The van der Waals surface area contributed by atoms with Gasteiger partial charge < -0.3 is 9.84 Å². The fourth-order valence-electron chi connectivity index (χ4n) is 2.27. The second-order valence-corrected chi connectivity index (χ2v) is 5.66. The molecule has 1 N–H and O–H groups in total. The molecular weight excluding hydrogens is 224 g/mol. The molecule has 2 unspecified atom stereocenters.